The smallest absolute Gasteiger partial charge is 0.411 e. The lowest BCUT2D eigenvalue weighted by atomic mass is 10.1. The van der Waals surface area contributed by atoms with E-state index >= 15 is 0 Å². The zero-order valence-corrected chi connectivity index (χ0v) is 14.3. The number of methoxy groups -OCH3 is 1. The van der Waals surface area contributed by atoms with Crippen molar-refractivity contribution in [2.24, 2.45) is 5.73 Å². The van der Waals surface area contributed by atoms with Gasteiger partial charge in [-0.05, 0) is 42.8 Å². The minimum Gasteiger partial charge on any atom is -0.453 e. The zero-order valence-electron chi connectivity index (χ0n) is 14.3. The molecule has 0 aliphatic rings. The highest BCUT2D eigenvalue weighted by molar-refractivity contribution is 5.94. The average Bonchev–Trinajstić information content (AvgIpc) is 2.66. The predicted molar refractivity (Wildman–Crippen MR) is 97.3 cm³/mol. The van der Waals surface area contributed by atoms with Crippen LogP contribution in [-0.4, -0.2) is 37.1 Å². The van der Waals surface area contributed by atoms with E-state index in [0.29, 0.717) is 30.9 Å². The largest absolute Gasteiger partial charge is 0.453 e. The van der Waals surface area contributed by atoms with Crippen molar-refractivity contribution in [3.8, 4) is 0 Å². The molecule has 0 aliphatic carbocycles. The quantitative estimate of drug-likeness (QED) is 0.811. The minimum absolute atomic E-state index is 0.0224. The summed E-state index contributed by atoms with van der Waals surface area (Å²) >= 11 is 0. The zero-order chi connectivity index (χ0) is 18.1. The van der Waals surface area contributed by atoms with Crippen LogP contribution in [0.4, 0.5) is 10.5 Å². The molecule has 2 rings (SSSR count). The molecule has 0 spiro atoms. The van der Waals surface area contributed by atoms with E-state index in [1.807, 2.05) is 30.3 Å². The molecule has 0 bridgehead atoms. The van der Waals surface area contributed by atoms with Gasteiger partial charge in [-0.25, -0.2) is 4.79 Å². The summed E-state index contributed by atoms with van der Waals surface area (Å²) in [5.41, 5.74) is 7.86. The van der Waals surface area contributed by atoms with Crippen molar-refractivity contribution >= 4 is 17.7 Å². The summed E-state index contributed by atoms with van der Waals surface area (Å²) in [6.07, 6.45) is 0.220. The molecule has 6 heteroatoms. The lowest BCUT2D eigenvalue weighted by Gasteiger charge is -2.23. The van der Waals surface area contributed by atoms with E-state index in [9.17, 15) is 9.59 Å². The molecule has 0 heterocycles. The topological polar surface area (TPSA) is 84.7 Å². The fourth-order valence-electron chi connectivity index (χ4n) is 2.38. The van der Waals surface area contributed by atoms with Crippen molar-refractivity contribution in [2.75, 3.05) is 25.5 Å². The Morgan fingerprint density at radius 2 is 1.76 bits per heavy atom. The van der Waals surface area contributed by atoms with Crippen molar-refractivity contribution in [3.63, 3.8) is 0 Å². The van der Waals surface area contributed by atoms with Gasteiger partial charge >= 0.3 is 6.09 Å². The van der Waals surface area contributed by atoms with Crippen molar-refractivity contribution in [2.45, 2.75) is 13.0 Å². The highest BCUT2D eigenvalue weighted by atomic mass is 16.5. The minimum atomic E-state index is -0.517. The molecule has 2 aromatic carbocycles. The summed E-state index contributed by atoms with van der Waals surface area (Å²) in [4.78, 5) is 25.7. The Balaban J connectivity index is 2.08. The number of anilines is 1. The Kier molecular flexibility index (Phi) is 6.98. The summed E-state index contributed by atoms with van der Waals surface area (Å²) in [6, 6.07) is 16.5. The van der Waals surface area contributed by atoms with Crippen LogP contribution in [0.15, 0.2) is 54.6 Å². The number of benzene rings is 2. The van der Waals surface area contributed by atoms with Gasteiger partial charge in [0.1, 0.15) is 0 Å². The SMILES string of the molecule is COC(=O)Nc1ccc(CN(CCCN)C(=O)c2ccccc2)cc1. The summed E-state index contributed by atoms with van der Waals surface area (Å²) in [7, 11) is 1.31. The second kappa shape index (κ2) is 9.44. The normalized spacial score (nSPS) is 10.2. The number of carbonyl (C=O) groups is 2. The molecule has 0 atom stereocenters. The van der Waals surface area contributed by atoms with Crippen LogP contribution in [0.5, 0.6) is 0 Å². The van der Waals surface area contributed by atoms with E-state index in [2.05, 4.69) is 10.1 Å². The van der Waals surface area contributed by atoms with Gasteiger partial charge in [0.05, 0.1) is 7.11 Å². The lowest BCUT2D eigenvalue weighted by molar-refractivity contribution is 0.0742. The standard InChI is InChI=1S/C19H23N3O3/c1-25-19(24)21-17-10-8-15(9-11-17)14-22(13-5-12-20)18(23)16-6-3-2-4-7-16/h2-4,6-11H,5,12-14,20H2,1H3,(H,21,24). The van der Waals surface area contributed by atoms with Crippen LogP contribution in [0.1, 0.15) is 22.3 Å². The Morgan fingerprint density at radius 3 is 2.36 bits per heavy atom. The first-order valence-corrected chi connectivity index (χ1v) is 8.12. The van der Waals surface area contributed by atoms with Crippen LogP contribution in [0, 0.1) is 0 Å². The van der Waals surface area contributed by atoms with Gasteiger partial charge in [0.2, 0.25) is 0 Å². The second-order valence-corrected chi connectivity index (χ2v) is 5.55. The number of carbonyl (C=O) groups excluding carboxylic acids is 2. The molecular formula is C19H23N3O3. The molecule has 0 saturated carbocycles. The lowest BCUT2D eigenvalue weighted by Crippen LogP contribution is -2.32. The molecule has 2 aromatic rings. The molecule has 3 N–H and O–H groups in total. The van der Waals surface area contributed by atoms with Crippen LogP contribution in [-0.2, 0) is 11.3 Å². The first-order chi connectivity index (χ1) is 12.1. The third-order valence-electron chi connectivity index (χ3n) is 3.70. The van der Waals surface area contributed by atoms with E-state index in [1.165, 1.54) is 7.11 Å². The van der Waals surface area contributed by atoms with Gasteiger partial charge in [-0.1, -0.05) is 30.3 Å². The van der Waals surface area contributed by atoms with Gasteiger partial charge in [0, 0.05) is 24.3 Å². The van der Waals surface area contributed by atoms with Crippen LogP contribution < -0.4 is 11.1 Å². The number of nitrogens with one attached hydrogen (secondary N) is 1. The molecule has 0 radical (unpaired) electrons. The number of rotatable bonds is 7. The number of hydrogen-bond donors (Lipinski definition) is 2. The van der Waals surface area contributed by atoms with Gasteiger partial charge in [0.25, 0.3) is 5.91 Å². The maximum atomic E-state index is 12.7. The van der Waals surface area contributed by atoms with Gasteiger partial charge in [-0.2, -0.15) is 0 Å². The molecule has 0 unspecified atom stereocenters. The monoisotopic (exact) mass is 341 g/mol. The molecule has 0 aliphatic heterocycles. The van der Waals surface area contributed by atoms with Crippen molar-refractivity contribution in [1.29, 1.82) is 0 Å². The molecule has 25 heavy (non-hydrogen) atoms. The average molecular weight is 341 g/mol. The van der Waals surface area contributed by atoms with E-state index in [1.54, 1.807) is 29.2 Å². The third-order valence-corrected chi connectivity index (χ3v) is 3.70. The molecule has 6 nitrogen and oxygen atoms in total. The summed E-state index contributed by atoms with van der Waals surface area (Å²) in [5, 5.41) is 2.60. The number of hydrogen-bond acceptors (Lipinski definition) is 4. The summed E-state index contributed by atoms with van der Waals surface area (Å²) < 4.78 is 4.56. The van der Waals surface area contributed by atoms with Gasteiger partial charge in [-0.15, -0.1) is 0 Å². The summed E-state index contributed by atoms with van der Waals surface area (Å²) in [5.74, 6) is -0.0224. The van der Waals surface area contributed by atoms with Crippen molar-refractivity contribution in [3.05, 3.63) is 65.7 Å². The van der Waals surface area contributed by atoms with E-state index < -0.39 is 6.09 Å². The second-order valence-electron chi connectivity index (χ2n) is 5.55. The maximum absolute atomic E-state index is 12.7. The maximum Gasteiger partial charge on any atom is 0.411 e. The Bertz CT molecular complexity index is 687. The molecule has 0 aromatic heterocycles. The fraction of sp³-hybridized carbons (Fsp3) is 0.263. The fourth-order valence-corrected chi connectivity index (χ4v) is 2.38. The van der Waals surface area contributed by atoms with Crippen LogP contribution in [0.25, 0.3) is 0 Å². The van der Waals surface area contributed by atoms with Gasteiger partial charge in [0.15, 0.2) is 0 Å². The highest BCUT2D eigenvalue weighted by Crippen LogP contribution is 2.14. The molecular weight excluding hydrogens is 318 g/mol. The van der Waals surface area contributed by atoms with Gasteiger partial charge in [-0.3, -0.25) is 10.1 Å². The number of ether oxygens (including phenoxy) is 1. The van der Waals surface area contributed by atoms with Crippen LogP contribution >= 0.6 is 0 Å². The summed E-state index contributed by atoms with van der Waals surface area (Å²) in [6.45, 7) is 1.60. The van der Waals surface area contributed by atoms with Crippen molar-refractivity contribution < 1.29 is 14.3 Å². The highest BCUT2D eigenvalue weighted by Gasteiger charge is 2.15. The molecule has 0 saturated heterocycles. The van der Waals surface area contributed by atoms with E-state index in [-0.39, 0.29) is 5.91 Å². The Labute approximate surface area is 147 Å². The number of nitrogens with zero attached hydrogens (tertiary/aromatic N) is 1. The molecule has 2 amide bonds. The van der Waals surface area contributed by atoms with Gasteiger partial charge < -0.3 is 15.4 Å². The predicted octanol–water partition coefficient (Wildman–Crippen LogP) is 2.86. The first-order valence-electron chi connectivity index (χ1n) is 8.12. The third kappa shape index (κ3) is 5.61. The Hall–Kier alpha value is -2.86. The number of amides is 2. The molecule has 0 fully saturated rings. The Morgan fingerprint density at radius 1 is 1.08 bits per heavy atom. The van der Waals surface area contributed by atoms with E-state index in [0.717, 1.165) is 12.0 Å². The number of nitrogens with two attached hydrogens (primary N) is 1. The first kappa shape index (κ1) is 18.5. The van der Waals surface area contributed by atoms with Crippen molar-refractivity contribution in [1.82, 2.24) is 4.90 Å². The van der Waals surface area contributed by atoms with E-state index in [4.69, 9.17) is 5.73 Å². The van der Waals surface area contributed by atoms with Crippen LogP contribution in [0.2, 0.25) is 0 Å². The van der Waals surface area contributed by atoms with Crippen LogP contribution in [0.3, 0.4) is 0 Å². The molecule has 132 valence electrons.